The van der Waals surface area contributed by atoms with Crippen LogP contribution in [0, 0.1) is 24.1 Å². The summed E-state index contributed by atoms with van der Waals surface area (Å²) in [6.45, 7) is 1.55. The average molecular weight is 387 g/mol. The summed E-state index contributed by atoms with van der Waals surface area (Å²) in [6.07, 6.45) is 1.35. The predicted octanol–water partition coefficient (Wildman–Crippen LogP) is 3.58. The Morgan fingerprint density at radius 1 is 1.59 bits per heavy atom. The second kappa shape index (κ2) is 5.99. The smallest absolute Gasteiger partial charge is 0.357 e. The molecule has 0 bridgehead atoms. The topological polar surface area (TPSA) is 81.0 Å². The van der Waals surface area contributed by atoms with E-state index >= 15 is 0 Å². The van der Waals surface area contributed by atoms with E-state index in [1.54, 1.807) is 6.92 Å². The highest BCUT2D eigenvalue weighted by atomic mass is 79.9. The lowest BCUT2D eigenvalue weighted by atomic mass is 10.2. The number of nitriles is 1. The number of rotatable bonds is 2. The van der Waals surface area contributed by atoms with Crippen LogP contribution in [0.5, 0.6) is 0 Å². The highest BCUT2D eigenvalue weighted by Crippen LogP contribution is 2.36. The zero-order valence-corrected chi connectivity index (χ0v) is 13.9. The van der Waals surface area contributed by atoms with Gasteiger partial charge in [-0.05, 0) is 28.9 Å². The monoisotopic (exact) mass is 385 g/mol. The van der Waals surface area contributed by atoms with Gasteiger partial charge in [0, 0.05) is 16.2 Å². The number of ether oxygens (including phenoxy) is 1. The summed E-state index contributed by atoms with van der Waals surface area (Å²) in [7, 11) is 1.19. The summed E-state index contributed by atoms with van der Waals surface area (Å²) in [5, 5.41) is 9.15. The van der Waals surface area contributed by atoms with E-state index in [0.717, 1.165) is 6.07 Å². The number of aromatic nitrogens is 1. The van der Waals surface area contributed by atoms with Crippen LogP contribution < -0.4 is 5.73 Å². The SMILES string of the molecule is COC(=O)c1c(N)c(C#N)cn1-c1c(Cl)cc(F)c(C)c1Br. The van der Waals surface area contributed by atoms with E-state index in [-0.39, 0.29) is 22.0 Å². The minimum absolute atomic E-state index is 0.0284. The molecule has 1 aromatic carbocycles. The van der Waals surface area contributed by atoms with E-state index in [1.165, 1.54) is 17.9 Å². The lowest BCUT2D eigenvalue weighted by molar-refractivity contribution is 0.0593. The number of carbonyl (C=O) groups is 1. The Labute approximate surface area is 139 Å². The molecule has 0 aliphatic heterocycles. The van der Waals surface area contributed by atoms with Crippen LogP contribution in [0.15, 0.2) is 16.7 Å². The van der Waals surface area contributed by atoms with Crippen LogP contribution >= 0.6 is 27.5 Å². The summed E-state index contributed by atoms with van der Waals surface area (Å²) in [6, 6.07) is 3.01. The number of nitrogens with two attached hydrogens (primary N) is 1. The van der Waals surface area contributed by atoms with Gasteiger partial charge >= 0.3 is 5.97 Å². The number of nitrogen functional groups attached to an aromatic ring is 1. The second-order valence-corrected chi connectivity index (χ2v) is 5.61. The van der Waals surface area contributed by atoms with Crippen molar-refractivity contribution in [1.82, 2.24) is 4.57 Å². The van der Waals surface area contributed by atoms with Gasteiger partial charge < -0.3 is 15.0 Å². The average Bonchev–Trinajstić information content (AvgIpc) is 2.80. The van der Waals surface area contributed by atoms with Gasteiger partial charge in [0.05, 0.1) is 29.1 Å². The lowest BCUT2D eigenvalue weighted by Gasteiger charge is -2.14. The number of benzene rings is 1. The molecule has 8 heteroatoms. The first-order valence-corrected chi connectivity index (χ1v) is 7.14. The molecule has 0 spiro atoms. The molecular weight excluding hydrogens is 377 g/mol. The van der Waals surface area contributed by atoms with Crippen molar-refractivity contribution in [3.8, 4) is 11.8 Å². The molecule has 0 atom stereocenters. The fourth-order valence-corrected chi connectivity index (χ4v) is 2.98. The molecule has 22 heavy (non-hydrogen) atoms. The Morgan fingerprint density at radius 2 is 2.23 bits per heavy atom. The molecule has 0 amide bonds. The van der Waals surface area contributed by atoms with E-state index in [4.69, 9.17) is 22.6 Å². The molecule has 2 N–H and O–H groups in total. The highest BCUT2D eigenvalue weighted by Gasteiger charge is 2.25. The third-order valence-corrected chi connectivity index (χ3v) is 4.42. The van der Waals surface area contributed by atoms with E-state index in [1.807, 2.05) is 6.07 Å². The van der Waals surface area contributed by atoms with Gasteiger partial charge in [0.1, 0.15) is 11.9 Å². The van der Waals surface area contributed by atoms with Crippen molar-refractivity contribution in [2.75, 3.05) is 12.8 Å². The van der Waals surface area contributed by atoms with Crippen molar-refractivity contribution in [2.45, 2.75) is 6.92 Å². The minimum atomic E-state index is -0.732. The largest absolute Gasteiger partial charge is 0.464 e. The van der Waals surface area contributed by atoms with Crippen molar-refractivity contribution in [3.05, 3.63) is 44.4 Å². The third kappa shape index (κ3) is 2.45. The molecule has 114 valence electrons. The first-order chi connectivity index (χ1) is 10.3. The van der Waals surface area contributed by atoms with E-state index < -0.39 is 11.8 Å². The lowest BCUT2D eigenvalue weighted by Crippen LogP contribution is -2.12. The zero-order chi connectivity index (χ0) is 16.6. The molecule has 1 heterocycles. The van der Waals surface area contributed by atoms with Gasteiger partial charge in [0.25, 0.3) is 0 Å². The van der Waals surface area contributed by atoms with Crippen LogP contribution in [-0.4, -0.2) is 17.6 Å². The van der Waals surface area contributed by atoms with E-state index in [2.05, 4.69) is 20.7 Å². The molecule has 2 aromatic rings. The third-order valence-electron chi connectivity index (χ3n) is 3.16. The Kier molecular flexibility index (Phi) is 4.44. The molecule has 0 unspecified atom stereocenters. The van der Waals surface area contributed by atoms with Crippen LogP contribution in [0.25, 0.3) is 5.69 Å². The van der Waals surface area contributed by atoms with Crippen LogP contribution in [0.3, 0.4) is 0 Å². The van der Waals surface area contributed by atoms with Gasteiger partial charge in [0.2, 0.25) is 0 Å². The van der Waals surface area contributed by atoms with Crippen LogP contribution in [0.4, 0.5) is 10.1 Å². The number of hydrogen-bond donors (Lipinski definition) is 1. The molecule has 0 saturated heterocycles. The summed E-state index contributed by atoms with van der Waals surface area (Å²) in [4.78, 5) is 12.0. The number of hydrogen-bond acceptors (Lipinski definition) is 4. The van der Waals surface area contributed by atoms with Crippen molar-refractivity contribution in [1.29, 1.82) is 5.26 Å². The van der Waals surface area contributed by atoms with Gasteiger partial charge in [-0.2, -0.15) is 5.26 Å². The number of esters is 1. The first-order valence-electron chi connectivity index (χ1n) is 5.97. The molecule has 0 aliphatic rings. The number of carbonyl (C=O) groups excluding carboxylic acids is 1. The van der Waals surface area contributed by atoms with Gasteiger partial charge in [-0.1, -0.05) is 11.6 Å². The molecule has 2 rings (SSSR count). The van der Waals surface area contributed by atoms with E-state index in [0.29, 0.717) is 15.7 Å². The molecule has 0 fully saturated rings. The summed E-state index contributed by atoms with van der Waals surface area (Å²) in [5.74, 6) is -1.23. The second-order valence-electron chi connectivity index (χ2n) is 4.41. The Hall–Kier alpha value is -2.04. The summed E-state index contributed by atoms with van der Waals surface area (Å²) < 4.78 is 20.1. The van der Waals surface area contributed by atoms with Crippen LogP contribution in [-0.2, 0) is 4.74 Å². The predicted molar refractivity (Wildman–Crippen MR) is 83.6 cm³/mol. The molecule has 0 saturated carbocycles. The van der Waals surface area contributed by atoms with Crippen molar-refractivity contribution >= 4 is 39.2 Å². The van der Waals surface area contributed by atoms with Crippen LogP contribution in [0.1, 0.15) is 21.6 Å². The Bertz CT molecular complexity index is 827. The molecule has 1 aromatic heterocycles. The number of methoxy groups -OCH3 is 1. The van der Waals surface area contributed by atoms with Gasteiger partial charge in [-0.15, -0.1) is 0 Å². The molecule has 0 radical (unpaired) electrons. The number of anilines is 1. The standard InChI is InChI=1S/C14H10BrClFN3O2/c1-6-9(17)3-8(16)12(10(6)15)20-5-7(4-18)11(19)13(20)14(21)22-2/h3,5H,19H2,1-2H3. The molecule has 0 aliphatic carbocycles. The maximum Gasteiger partial charge on any atom is 0.357 e. The molecular formula is C14H10BrClFN3O2. The first kappa shape index (κ1) is 16.3. The van der Waals surface area contributed by atoms with E-state index in [9.17, 15) is 9.18 Å². The fraction of sp³-hybridized carbons (Fsp3) is 0.143. The Balaban J connectivity index is 2.88. The van der Waals surface area contributed by atoms with Crippen molar-refractivity contribution in [2.24, 2.45) is 0 Å². The highest BCUT2D eigenvalue weighted by molar-refractivity contribution is 9.10. The summed E-state index contributed by atoms with van der Waals surface area (Å²) >= 11 is 9.36. The van der Waals surface area contributed by atoms with Gasteiger partial charge in [0.15, 0.2) is 5.69 Å². The van der Waals surface area contributed by atoms with Crippen LogP contribution in [0.2, 0.25) is 5.02 Å². The fourth-order valence-electron chi connectivity index (χ4n) is 1.99. The van der Waals surface area contributed by atoms with Crippen molar-refractivity contribution in [3.63, 3.8) is 0 Å². The quantitative estimate of drug-likeness (QED) is 0.800. The minimum Gasteiger partial charge on any atom is -0.464 e. The maximum atomic E-state index is 13.7. The summed E-state index contributed by atoms with van der Waals surface area (Å²) in [5.41, 5.74) is 6.44. The number of halogens is 3. The number of nitrogens with zero attached hydrogens (tertiary/aromatic N) is 2. The van der Waals surface area contributed by atoms with Crippen molar-refractivity contribution < 1.29 is 13.9 Å². The van der Waals surface area contributed by atoms with Gasteiger partial charge in [-0.25, -0.2) is 9.18 Å². The van der Waals surface area contributed by atoms with Gasteiger partial charge in [-0.3, -0.25) is 0 Å². The molecule has 5 nitrogen and oxygen atoms in total. The normalized spacial score (nSPS) is 10.4. The zero-order valence-electron chi connectivity index (χ0n) is 11.6. The maximum absolute atomic E-state index is 13.7. The Morgan fingerprint density at radius 3 is 2.77 bits per heavy atom.